The van der Waals surface area contributed by atoms with E-state index in [0.29, 0.717) is 34.9 Å². The summed E-state index contributed by atoms with van der Waals surface area (Å²) < 4.78 is 0. The molecule has 2 aromatic carbocycles. The number of ketones is 2. The van der Waals surface area contributed by atoms with E-state index < -0.39 is 0 Å². The highest BCUT2D eigenvalue weighted by Crippen LogP contribution is 2.22. The quantitative estimate of drug-likeness (QED) is 0.744. The lowest BCUT2D eigenvalue weighted by Gasteiger charge is -2.30. The normalized spacial score (nSPS) is 15.2. The average molecular weight is 399 g/mol. The third kappa shape index (κ3) is 5.27. The number of halogens is 1. The second-order valence-electron chi connectivity index (χ2n) is 7.10. The Bertz CT molecular complexity index is 854. The number of anilines is 1. The number of piperidine rings is 1. The van der Waals surface area contributed by atoms with Crippen LogP contribution in [0.1, 0.15) is 40.5 Å². The zero-order valence-electron chi connectivity index (χ0n) is 15.8. The predicted molar refractivity (Wildman–Crippen MR) is 110 cm³/mol. The first-order chi connectivity index (χ1) is 13.4. The van der Waals surface area contributed by atoms with Gasteiger partial charge in [0.05, 0.1) is 6.54 Å². The molecule has 1 aliphatic rings. The van der Waals surface area contributed by atoms with Gasteiger partial charge in [-0.2, -0.15) is 0 Å². The number of carbonyl (C=O) groups is 3. The van der Waals surface area contributed by atoms with E-state index in [2.05, 4.69) is 10.2 Å². The van der Waals surface area contributed by atoms with Crippen LogP contribution in [0, 0.1) is 5.92 Å². The van der Waals surface area contributed by atoms with Crippen molar-refractivity contribution in [1.29, 1.82) is 0 Å². The summed E-state index contributed by atoms with van der Waals surface area (Å²) in [6.07, 6.45) is 1.48. The van der Waals surface area contributed by atoms with Gasteiger partial charge in [-0.3, -0.25) is 19.3 Å². The smallest absolute Gasteiger partial charge is 0.238 e. The molecule has 0 spiro atoms. The molecule has 28 heavy (non-hydrogen) atoms. The van der Waals surface area contributed by atoms with Crippen molar-refractivity contribution in [3.05, 3.63) is 64.7 Å². The highest BCUT2D eigenvalue weighted by molar-refractivity contribution is 6.30. The Morgan fingerprint density at radius 3 is 2.11 bits per heavy atom. The molecule has 1 saturated heterocycles. The second-order valence-corrected chi connectivity index (χ2v) is 7.54. The summed E-state index contributed by atoms with van der Waals surface area (Å²) >= 11 is 5.88. The van der Waals surface area contributed by atoms with Crippen LogP contribution in [0.2, 0.25) is 5.02 Å². The number of benzene rings is 2. The molecule has 5 nitrogen and oxygen atoms in total. The van der Waals surface area contributed by atoms with Gasteiger partial charge in [0.1, 0.15) is 0 Å². The maximum Gasteiger partial charge on any atom is 0.238 e. The Balaban J connectivity index is 1.47. The van der Waals surface area contributed by atoms with Crippen LogP contribution in [-0.4, -0.2) is 42.0 Å². The lowest BCUT2D eigenvalue weighted by Crippen LogP contribution is -2.40. The van der Waals surface area contributed by atoms with Gasteiger partial charge in [0.15, 0.2) is 11.6 Å². The molecular weight excluding hydrogens is 376 g/mol. The molecule has 3 rings (SSSR count). The van der Waals surface area contributed by atoms with Crippen LogP contribution < -0.4 is 5.32 Å². The maximum atomic E-state index is 12.6. The Morgan fingerprint density at radius 1 is 0.964 bits per heavy atom. The second kappa shape index (κ2) is 9.13. The molecule has 0 aliphatic carbocycles. The number of likely N-dealkylation sites (tertiary alicyclic amines) is 1. The molecule has 2 aromatic rings. The van der Waals surface area contributed by atoms with Crippen molar-refractivity contribution in [2.45, 2.75) is 19.8 Å². The van der Waals surface area contributed by atoms with Crippen molar-refractivity contribution in [3.63, 3.8) is 0 Å². The van der Waals surface area contributed by atoms with Crippen LogP contribution in [0.5, 0.6) is 0 Å². The Kier molecular flexibility index (Phi) is 6.60. The largest absolute Gasteiger partial charge is 0.325 e. The van der Waals surface area contributed by atoms with E-state index in [-0.39, 0.29) is 29.9 Å². The zero-order chi connectivity index (χ0) is 20.1. The Labute approximate surface area is 169 Å². The van der Waals surface area contributed by atoms with Crippen molar-refractivity contribution in [2.24, 2.45) is 5.92 Å². The van der Waals surface area contributed by atoms with Crippen molar-refractivity contribution in [1.82, 2.24) is 4.90 Å². The molecule has 0 unspecified atom stereocenters. The summed E-state index contributed by atoms with van der Waals surface area (Å²) in [6.45, 7) is 3.21. The van der Waals surface area contributed by atoms with Gasteiger partial charge in [-0.25, -0.2) is 0 Å². The van der Waals surface area contributed by atoms with Gasteiger partial charge in [-0.05, 0) is 81.4 Å². The maximum absolute atomic E-state index is 12.6. The molecule has 1 N–H and O–H groups in total. The van der Waals surface area contributed by atoms with Gasteiger partial charge in [0.2, 0.25) is 5.91 Å². The highest BCUT2D eigenvalue weighted by Gasteiger charge is 2.26. The monoisotopic (exact) mass is 398 g/mol. The van der Waals surface area contributed by atoms with E-state index in [1.807, 2.05) is 0 Å². The average Bonchev–Trinajstić information content (AvgIpc) is 2.69. The van der Waals surface area contributed by atoms with Gasteiger partial charge < -0.3 is 5.32 Å². The molecule has 146 valence electrons. The molecule has 0 bridgehead atoms. The fourth-order valence-electron chi connectivity index (χ4n) is 3.39. The van der Waals surface area contributed by atoms with Crippen LogP contribution in [0.3, 0.4) is 0 Å². The lowest BCUT2D eigenvalue weighted by molar-refractivity contribution is -0.117. The SMILES string of the molecule is CC(=O)c1ccc(NC(=O)CN2CCC(C(=O)c3ccc(Cl)cc3)CC2)cc1. The number of nitrogens with one attached hydrogen (secondary N) is 1. The van der Waals surface area contributed by atoms with E-state index in [1.54, 1.807) is 48.5 Å². The summed E-state index contributed by atoms with van der Waals surface area (Å²) in [6, 6.07) is 13.9. The van der Waals surface area contributed by atoms with Gasteiger partial charge in [-0.1, -0.05) is 11.6 Å². The van der Waals surface area contributed by atoms with E-state index in [0.717, 1.165) is 12.8 Å². The molecule has 0 saturated carbocycles. The molecule has 1 amide bonds. The van der Waals surface area contributed by atoms with Crippen LogP contribution in [0.4, 0.5) is 5.69 Å². The van der Waals surface area contributed by atoms with Crippen molar-refractivity contribution >= 4 is 34.8 Å². The summed E-state index contributed by atoms with van der Waals surface area (Å²) in [5, 5.41) is 3.47. The standard InChI is InChI=1S/C22H23ClN2O3/c1-15(26)16-4-8-20(9-5-16)24-21(27)14-25-12-10-18(11-13-25)22(28)17-2-6-19(23)7-3-17/h2-9,18H,10-14H2,1H3,(H,24,27). The number of nitrogens with zero attached hydrogens (tertiary/aromatic N) is 1. The van der Waals surface area contributed by atoms with Crippen molar-refractivity contribution in [3.8, 4) is 0 Å². The van der Waals surface area contributed by atoms with Crippen LogP contribution >= 0.6 is 11.6 Å². The summed E-state index contributed by atoms with van der Waals surface area (Å²) in [4.78, 5) is 38.2. The first kappa shape index (κ1) is 20.2. The van der Waals surface area contributed by atoms with Crippen molar-refractivity contribution < 1.29 is 14.4 Å². The number of amides is 1. The minimum atomic E-state index is -0.0990. The third-order valence-corrected chi connectivity index (χ3v) is 5.28. The first-order valence-corrected chi connectivity index (χ1v) is 9.73. The van der Waals surface area contributed by atoms with Crippen molar-refractivity contribution in [2.75, 3.05) is 25.0 Å². The number of rotatable bonds is 6. The molecule has 1 aliphatic heterocycles. The van der Waals surface area contributed by atoms with Gasteiger partial charge in [0.25, 0.3) is 0 Å². The first-order valence-electron chi connectivity index (χ1n) is 9.35. The fourth-order valence-corrected chi connectivity index (χ4v) is 3.52. The molecule has 0 radical (unpaired) electrons. The van der Waals surface area contributed by atoms with Crippen LogP contribution in [-0.2, 0) is 4.79 Å². The number of carbonyl (C=O) groups excluding carboxylic acids is 3. The summed E-state index contributed by atoms with van der Waals surface area (Å²) in [7, 11) is 0. The number of hydrogen-bond acceptors (Lipinski definition) is 4. The molecular formula is C22H23ClN2O3. The van der Waals surface area contributed by atoms with E-state index >= 15 is 0 Å². The van der Waals surface area contributed by atoms with E-state index in [1.165, 1.54) is 6.92 Å². The van der Waals surface area contributed by atoms with Crippen LogP contribution in [0.15, 0.2) is 48.5 Å². The minimum absolute atomic E-state index is 0.00565. The zero-order valence-corrected chi connectivity index (χ0v) is 16.5. The number of hydrogen-bond donors (Lipinski definition) is 1. The molecule has 1 heterocycles. The minimum Gasteiger partial charge on any atom is -0.325 e. The summed E-state index contributed by atoms with van der Waals surface area (Å²) in [5.74, 6) is 0.0258. The molecule has 0 atom stereocenters. The molecule has 1 fully saturated rings. The molecule has 6 heteroatoms. The lowest BCUT2D eigenvalue weighted by atomic mass is 9.89. The van der Waals surface area contributed by atoms with Crippen LogP contribution in [0.25, 0.3) is 0 Å². The number of Topliss-reactive ketones (excluding diaryl/α,β-unsaturated/α-hetero) is 2. The van der Waals surface area contributed by atoms with Gasteiger partial charge in [-0.15, -0.1) is 0 Å². The summed E-state index contributed by atoms with van der Waals surface area (Å²) in [5.41, 5.74) is 1.97. The van der Waals surface area contributed by atoms with Gasteiger partial charge >= 0.3 is 0 Å². The van der Waals surface area contributed by atoms with Gasteiger partial charge in [0, 0.05) is 27.8 Å². The fraction of sp³-hybridized carbons (Fsp3) is 0.318. The van der Waals surface area contributed by atoms with E-state index in [9.17, 15) is 14.4 Å². The third-order valence-electron chi connectivity index (χ3n) is 5.03. The Morgan fingerprint density at radius 2 is 1.54 bits per heavy atom. The highest BCUT2D eigenvalue weighted by atomic mass is 35.5. The topological polar surface area (TPSA) is 66.5 Å². The predicted octanol–water partition coefficient (Wildman–Crippen LogP) is 4.08. The van der Waals surface area contributed by atoms with E-state index in [4.69, 9.17) is 11.6 Å². The molecule has 0 aromatic heterocycles. The Hall–Kier alpha value is -2.50.